The van der Waals surface area contributed by atoms with Crippen LogP contribution in [0.5, 0.6) is 0 Å². The molecule has 1 heterocycles. The van der Waals surface area contributed by atoms with Crippen LogP contribution in [0, 0.1) is 6.92 Å². The molecule has 2 aromatic rings. The van der Waals surface area contributed by atoms with E-state index in [1.165, 1.54) is 11.8 Å². The van der Waals surface area contributed by atoms with E-state index < -0.39 is 15.3 Å². The highest BCUT2D eigenvalue weighted by atomic mass is 32.2. The van der Waals surface area contributed by atoms with Crippen LogP contribution in [-0.4, -0.2) is 36.4 Å². The number of amides is 1. The van der Waals surface area contributed by atoms with Crippen LogP contribution in [0.1, 0.15) is 75.0 Å². The number of carbonyl (C=O) groups is 1. The van der Waals surface area contributed by atoms with E-state index in [9.17, 15) is 13.2 Å². The summed E-state index contributed by atoms with van der Waals surface area (Å²) in [5.41, 5.74) is 1.57. The van der Waals surface area contributed by atoms with E-state index in [0.717, 1.165) is 63.4 Å². The second kappa shape index (κ2) is 8.77. The van der Waals surface area contributed by atoms with Gasteiger partial charge in [0.25, 0.3) is 0 Å². The van der Waals surface area contributed by atoms with Gasteiger partial charge >= 0.3 is 0 Å². The average molecular weight is 444 g/mol. The molecule has 31 heavy (non-hydrogen) atoms. The Kier molecular flexibility index (Phi) is 6.24. The van der Waals surface area contributed by atoms with Crippen molar-refractivity contribution in [1.82, 2.24) is 15.1 Å². The Morgan fingerprint density at radius 3 is 2.26 bits per heavy atom. The normalized spacial score (nSPS) is 23.9. The lowest BCUT2D eigenvalue weighted by Gasteiger charge is -2.39. The molecule has 0 radical (unpaired) electrons. The minimum absolute atomic E-state index is 0.109. The van der Waals surface area contributed by atoms with Gasteiger partial charge in [-0.15, -0.1) is 0 Å². The van der Waals surface area contributed by atoms with Crippen molar-refractivity contribution in [3.63, 3.8) is 0 Å². The van der Waals surface area contributed by atoms with Crippen LogP contribution >= 0.6 is 0 Å². The van der Waals surface area contributed by atoms with Crippen LogP contribution in [-0.2, 0) is 20.0 Å². The molecule has 2 saturated carbocycles. The second-order valence-corrected chi connectivity index (χ2v) is 11.4. The van der Waals surface area contributed by atoms with E-state index in [4.69, 9.17) is 0 Å². The molecule has 0 saturated heterocycles. The summed E-state index contributed by atoms with van der Waals surface area (Å²) in [6.45, 7) is 2.06. The first-order valence-electron chi connectivity index (χ1n) is 11.4. The number of rotatable bonds is 5. The molecule has 0 unspecified atom stereocenters. The number of sulfone groups is 1. The number of nitrogens with zero attached hydrogens (tertiary/aromatic N) is 2. The van der Waals surface area contributed by atoms with Crippen molar-refractivity contribution < 1.29 is 13.2 Å². The molecule has 0 spiro atoms. The molecule has 2 aliphatic rings. The van der Waals surface area contributed by atoms with Crippen LogP contribution in [0.3, 0.4) is 0 Å². The molecule has 1 amide bonds. The number of nitrogens with one attached hydrogen (secondary N) is 1. The van der Waals surface area contributed by atoms with Crippen molar-refractivity contribution in [1.29, 1.82) is 0 Å². The molecule has 2 aliphatic carbocycles. The lowest BCUT2D eigenvalue weighted by atomic mass is 9.68. The van der Waals surface area contributed by atoms with Gasteiger partial charge in [-0.2, -0.15) is 5.10 Å². The van der Waals surface area contributed by atoms with E-state index in [-0.39, 0.29) is 11.9 Å². The number of hydrogen-bond donors (Lipinski definition) is 1. The van der Waals surface area contributed by atoms with Crippen molar-refractivity contribution in [2.75, 3.05) is 6.26 Å². The van der Waals surface area contributed by atoms with Crippen molar-refractivity contribution in [3.05, 3.63) is 47.8 Å². The first-order chi connectivity index (χ1) is 14.8. The quantitative estimate of drug-likeness (QED) is 0.754. The predicted molar refractivity (Wildman–Crippen MR) is 121 cm³/mol. The molecule has 7 heteroatoms. The molecule has 2 fully saturated rings. The van der Waals surface area contributed by atoms with Gasteiger partial charge in [0.15, 0.2) is 9.84 Å². The third kappa shape index (κ3) is 4.71. The molecule has 0 atom stereocenters. The molecule has 4 rings (SSSR count). The van der Waals surface area contributed by atoms with Crippen LogP contribution in [0.2, 0.25) is 0 Å². The van der Waals surface area contributed by atoms with Crippen LogP contribution in [0.25, 0.3) is 0 Å². The molecule has 1 aromatic heterocycles. The van der Waals surface area contributed by atoms with Gasteiger partial charge in [0, 0.05) is 18.5 Å². The maximum absolute atomic E-state index is 13.6. The summed E-state index contributed by atoms with van der Waals surface area (Å²) in [6, 6.07) is 7.58. The highest BCUT2D eigenvalue weighted by Crippen LogP contribution is 2.40. The predicted octanol–water partition coefficient (Wildman–Crippen LogP) is 4.10. The highest BCUT2D eigenvalue weighted by Gasteiger charge is 2.42. The first kappa shape index (κ1) is 22.1. The van der Waals surface area contributed by atoms with Gasteiger partial charge < -0.3 is 5.32 Å². The topological polar surface area (TPSA) is 81.1 Å². The fraction of sp³-hybridized carbons (Fsp3) is 0.583. The zero-order valence-electron chi connectivity index (χ0n) is 18.5. The summed E-state index contributed by atoms with van der Waals surface area (Å²) in [5.74, 6) is 0.109. The number of benzene rings is 1. The Morgan fingerprint density at radius 2 is 1.71 bits per heavy atom. The van der Waals surface area contributed by atoms with Gasteiger partial charge in [-0.05, 0) is 68.7 Å². The van der Waals surface area contributed by atoms with Gasteiger partial charge in [0.2, 0.25) is 5.91 Å². The average Bonchev–Trinajstić information content (AvgIpc) is 3.20. The van der Waals surface area contributed by atoms with Gasteiger partial charge in [-0.25, -0.2) is 8.42 Å². The summed E-state index contributed by atoms with van der Waals surface area (Å²) < 4.78 is 25.8. The monoisotopic (exact) mass is 443 g/mol. The van der Waals surface area contributed by atoms with E-state index in [2.05, 4.69) is 28.2 Å². The van der Waals surface area contributed by atoms with Crippen LogP contribution in [0.4, 0.5) is 0 Å². The molecular weight excluding hydrogens is 410 g/mol. The zero-order chi connectivity index (χ0) is 22.1. The van der Waals surface area contributed by atoms with Gasteiger partial charge in [0.05, 0.1) is 22.5 Å². The smallest absolute Gasteiger partial charge is 0.230 e. The third-order valence-corrected chi connectivity index (χ3v) is 8.24. The zero-order valence-corrected chi connectivity index (χ0v) is 19.3. The van der Waals surface area contributed by atoms with Gasteiger partial charge in [-0.3, -0.25) is 9.48 Å². The molecule has 1 N–H and O–H groups in total. The minimum Gasteiger partial charge on any atom is -0.353 e. The fourth-order valence-corrected chi connectivity index (χ4v) is 5.89. The lowest BCUT2D eigenvalue weighted by molar-refractivity contribution is -0.129. The second-order valence-electron chi connectivity index (χ2n) is 9.42. The molecule has 6 nitrogen and oxygen atoms in total. The van der Waals surface area contributed by atoms with Crippen molar-refractivity contribution >= 4 is 15.7 Å². The Bertz CT molecular complexity index is 1010. The molecule has 0 aliphatic heterocycles. The molecule has 1 aromatic carbocycles. The standard InChI is InChI=1S/C24H33N3O3S/c1-18-16-25-27(17-18)21-10-8-20(9-11-21)26-23(28)24(14-4-3-5-15-24)19-6-12-22(13-7-19)31(2,29)30/h6-7,12-13,16-17,20-21H,3-5,8-11,14-15H2,1-2H3,(H,26,28). The Hall–Kier alpha value is -2.15. The lowest BCUT2D eigenvalue weighted by Crippen LogP contribution is -2.50. The summed E-state index contributed by atoms with van der Waals surface area (Å²) in [6.07, 6.45) is 14.0. The summed E-state index contributed by atoms with van der Waals surface area (Å²) in [7, 11) is -3.25. The molecule has 168 valence electrons. The minimum atomic E-state index is -3.25. The highest BCUT2D eigenvalue weighted by molar-refractivity contribution is 7.90. The molecular formula is C24H33N3O3S. The van der Waals surface area contributed by atoms with Crippen LogP contribution in [0.15, 0.2) is 41.6 Å². The van der Waals surface area contributed by atoms with Crippen molar-refractivity contribution in [2.24, 2.45) is 0 Å². The number of aromatic nitrogens is 2. The van der Waals surface area contributed by atoms with E-state index in [1.807, 2.05) is 18.3 Å². The molecule has 0 bridgehead atoms. The third-order valence-electron chi connectivity index (χ3n) is 7.11. The SMILES string of the molecule is Cc1cnn(C2CCC(NC(=O)C3(c4ccc(S(C)(=O)=O)cc4)CCCCC3)CC2)c1. The van der Waals surface area contributed by atoms with E-state index in [1.54, 1.807) is 12.1 Å². The van der Waals surface area contributed by atoms with E-state index in [0.29, 0.717) is 10.9 Å². The van der Waals surface area contributed by atoms with Crippen molar-refractivity contribution in [3.8, 4) is 0 Å². The largest absolute Gasteiger partial charge is 0.353 e. The maximum Gasteiger partial charge on any atom is 0.230 e. The fourth-order valence-electron chi connectivity index (χ4n) is 5.26. The van der Waals surface area contributed by atoms with Crippen molar-refractivity contribution in [2.45, 2.75) is 87.1 Å². The number of hydrogen-bond acceptors (Lipinski definition) is 4. The number of aryl methyl sites for hydroxylation is 1. The summed E-state index contributed by atoms with van der Waals surface area (Å²) in [5, 5.41) is 7.82. The van der Waals surface area contributed by atoms with Gasteiger partial charge in [-0.1, -0.05) is 31.4 Å². The number of carbonyl (C=O) groups excluding carboxylic acids is 1. The van der Waals surface area contributed by atoms with E-state index >= 15 is 0 Å². The summed E-state index contributed by atoms with van der Waals surface area (Å²) >= 11 is 0. The Balaban J connectivity index is 1.46. The maximum atomic E-state index is 13.6. The van der Waals surface area contributed by atoms with Gasteiger partial charge in [0.1, 0.15) is 0 Å². The first-order valence-corrected chi connectivity index (χ1v) is 13.3. The van der Waals surface area contributed by atoms with Crippen LogP contribution < -0.4 is 5.32 Å². The Morgan fingerprint density at radius 1 is 1.06 bits per heavy atom. The summed E-state index contributed by atoms with van der Waals surface area (Å²) in [4.78, 5) is 13.9. The Labute approximate surface area is 185 Å².